The average Bonchev–Trinajstić information content (AvgIpc) is 3.22. The number of nitrogens with one attached hydrogen (secondary N) is 3. The summed E-state index contributed by atoms with van der Waals surface area (Å²) in [5, 5.41) is 4.12. The van der Waals surface area contributed by atoms with Crippen molar-refractivity contribution in [2.75, 3.05) is 40.8 Å². The first-order valence-corrected chi connectivity index (χ1v) is 13.9. The number of nitrogens with zero attached hydrogens (tertiary/aromatic N) is 3. The summed E-state index contributed by atoms with van der Waals surface area (Å²) in [6.45, 7) is 8.54. The lowest BCUT2D eigenvalue weighted by atomic mass is 10.00. The minimum Gasteiger partial charge on any atom is -0.382 e. The summed E-state index contributed by atoms with van der Waals surface area (Å²) >= 11 is 0. The molecular formula is C25H34N6O3S. The summed E-state index contributed by atoms with van der Waals surface area (Å²) < 4.78 is 25.7. The molecule has 1 amide bonds. The molecule has 2 aromatic heterocycles. The molecule has 1 aliphatic rings. The van der Waals surface area contributed by atoms with Gasteiger partial charge in [0, 0.05) is 60.7 Å². The predicted molar refractivity (Wildman–Crippen MR) is 142 cm³/mol. The van der Waals surface area contributed by atoms with E-state index in [-0.39, 0.29) is 18.0 Å². The second kappa shape index (κ2) is 10.2. The monoisotopic (exact) mass is 498 g/mol. The first-order valence-electron chi connectivity index (χ1n) is 12.0. The molecule has 0 radical (unpaired) electrons. The number of likely N-dealkylation sites (tertiary alicyclic amines) is 1. The first kappa shape index (κ1) is 24.8. The number of aromatic nitrogens is 2. The molecule has 1 aromatic carbocycles. The van der Waals surface area contributed by atoms with Crippen LogP contribution in [-0.4, -0.2) is 67.2 Å². The maximum atomic E-state index is 13.4. The van der Waals surface area contributed by atoms with E-state index < -0.39 is 10.0 Å². The van der Waals surface area contributed by atoms with Crippen molar-refractivity contribution in [2.24, 2.45) is 0 Å². The fourth-order valence-electron chi connectivity index (χ4n) is 4.86. The van der Waals surface area contributed by atoms with Crippen LogP contribution in [-0.2, 0) is 10.0 Å². The van der Waals surface area contributed by atoms with E-state index in [1.54, 1.807) is 24.4 Å². The minimum atomic E-state index is -3.40. The Morgan fingerprint density at radius 1 is 1.26 bits per heavy atom. The highest BCUT2D eigenvalue weighted by Gasteiger charge is 2.31. The minimum absolute atomic E-state index is 0.0477. The predicted octanol–water partition coefficient (Wildman–Crippen LogP) is 3.89. The molecule has 0 atom stereocenters. The van der Waals surface area contributed by atoms with Crippen molar-refractivity contribution >= 4 is 44.0 Å². The summed E-state index contributed by atoms with van der Waals surface area (Å²) in [4.78, 5) is 25.5. The van der Waals surface area contributed by atoms with Crippen molar-refractivity contribution < 1.29 is 13.2 Å². The molecule has 3 aromatic rings. The molecule has 0 bridgehead atoms. The molecule has 1 fully saturated rings. The number of piperidine rings is 1. The number of aromatic amines is 1. The SMILES string of the molecule is CCNc1cccnc1N(C(C)C)C1CCN(C(=O)c2c[nH]c3ccc(NS(C)(=O)=O)cc23)CC1. The van der Waals surface area contributed by atoms with Gasteiger partial charge in [0.1, 0.15) is 0 Å². The van der Waals surface area contributed by atoms with Crippen LogP contribution in [0.5, 0.6) is 0 Å². The zero-order valence-corrected chi connectivity index (χ0v) is 21.5. The number of benzene rings is 1. The summed E-state index contributed by atoms with van der Waals surface area (Å²) in [6, 6.07) is 9.71. The molecule has 0 saturated carbocycles. The number of rotatable bonds is 8. The van der Waals surface area contributed by atoms with Gasteiger partial charge in [-0.2, -0.15) is 0 Å². The van der Waals surface area contributed by atoms with E-state index in [2.05, 4.69) is 51.7 Å². The third kappa shape index (κ3) is 5.53. The zero-order valence-electron chi connectivity index (χ0n) is 20.7. The summed E-state index contributed by atoms with van der Waals surface area (Å²) in [7, 11) is -3.40. The molecule has 0 spiro atoms. The van der Waals surface area contributed by atoms with E-state index in [0.717, 1.165) is 42.7 Å². The van der Waals surface area contributed by atoms with Gasteiger partial charge in [0.05, 0.1) is 17.5 Å². The highest BCUT2D eigenvalue weighted by molar-refractivity contribution is 7.92. The van der Waals surface area contributed by atoms with Crippen molar-refractivity contribution in [3.63, 3.8) is 0 Å². The molecule has 10 heteroatoms. The Morgan fingerprint density at radius 3 is 2.66 bits per heavy atom. The van der Waals surface area contributed by atoms with Gasteiger partial charge in [0.2, 0.25) is 10.0 Å². The van der Waals surface area contributed by atoms with E-state index in [0.29, 0.717) is 29.7 Å². The number of amides is 1. The molecule has 9 nitrogen and oxygen atoms in total. The average molecular weight is 499 g/mol. The van der Waals surface area contributed by atoms with Gasteiger partial charge in [0.15, 0.2) is 5.82 Å². The van der Waals surface area contributed by atoms with Gasteiger partial charge < -0.3 is 20.1 Å². The van der Waals surface area contributed by atoms with Crippen LogP contribution in [0.1, 0.15) is 44.0 Å². The second-order valence-corrected chi connectivity index (χ2v) is 11.0. The zero-order chi connectivity index (χ0) is 25.2. The summed E-state index contributed by atoms with van der Waals surface area (Å²) in [5.74, 6) is 0.908. The molecule has 1 aliphatic heterocycles. The third-order valence-electron chi connectivity index (χ3n) is 6.32. The number of sulfonamides is 1. The lowest BCUT2D eigenvalue weighted by molar-refractivity contribution is 0.0713. The molecule has 3 heterocycles. The van der Waals surface area contributed by atoms with Crippen LogP contribution in [0.4, 0.5) is 17.2 Å². The summed E-state index contributed by atoms with van der Waals surface area (Å²) in [6.07, 6.45) is 6.33. The quantitative estimate of drug-likeness (QED) is 0.435. The lowest BCUT2D eigenvalue weighted by Gasteiger charge is -2.42. The number of H-pyrrole nitrogens is 1. The van der Waals surface area contributed by atoms with Crippen LogP contribution >= 0.6 is 0 Å². The van der Waals surface area contributed by atoms with E-state index in [4.69, 9.17) is 0 Å². The van der Waals surface area contributed by atoms with Crippen molar-refractivity contribution in [1.29, 1.82) is 0 Å². The van der Waals surface area contributed by atoms with E-state index in [1.807, 2.05) is 17.2 Å². The van der Waals surface area contributed by atoms with Gasteiger partial charge in [-0.15, -0.1) is 0 Å². The Kier molecular flexibility index (Phi) is 7.20. The fourth-order valence-corrected chi connectivity index (χ4v) is 5.42. The van der Waals surface area contributed by atoms with Gasteiger partial charge in [-0.1, -0.05) is 0 Å². The van der Waals surface area contributed by atoms with Gasteiger partial charge in [-0.3, -0.25) is 9.52 Å². The van der Waals surface area contributed by atoms with Crippen LogP contribution in [0.2, 0.25) is 0 Å². The van der Waals surface area contributed by atoms with E-state index in [9.17, 15) is 13.2 Å². The fraction of sp³-hybridized carbons (Fsp3) is 0.440. The van der Waals surface area contributed by atoms with Gasteiger partial charge in [0.25, 0.3) is 5.91 Å². The maximum Gasteiger partial charge on any atom is 0.256 e. The van der Waals surface area contributed by atoms with Crippen LogP contribution < -0.4 is 14.9 Å². The highest BCUT2D eigenvalue weighted by Crippen LogP contribution is 2.31. The normalized spacial score (nSPS) is 14.9. The Bertz CT molecular complexity index is 1300. The molecule has 0 aliphatic carbocycles. The molecule has 35 heavy (non-hydrogen) atoms. The van der Waals surface area contributed by atoms with Crippen LogP contribution in [0.25, 0.3) is 10.9 Å². The topological polar surface area (TPSA) is 110 Å². The number of hydrogen-bond acceptors (Lipinski definition) is 6. The Labute approximate surface area is 207 Å². The third-order valence-corrected chi connectivity index (χ3v) is 6.92. The smallest absolute Gasteiger partial charge is 0.256 e. The van der Waals surface area contributed by atoms with Crippen LogP contribution in [0.3, 0.4) is 0 Å². The van der Waals surface area contributed by atoms with Crippen LogP contribution in [0, 0.1) is 0 Å². The van der Waals surface area contributed by atoms with Crippen molar-refractivity contribution in [2.45, 2.75) is 45.7 Å². The maximum absolute atomic E-state index is 13.4. The van der Waals surface area contributed by atoms with E-state index in [1.165, 1.54) is 0 Å². The molecule has 3 N–H and O–H groups in total. The Balaban J connectivity index is 1.51. The second-order valence-electron chi connectivity index (χ2n) is 9.27. The number of fused-ring (bicyclic) bond motifs is 1. The molecule has 0 unspecified atom stereocenters. The molecule has 188 valence electrons. The lowest BCUT2D eigenvalue weighted by Crippen LogP contribution is -2.49. The largest absolute Gasteiger partial charge is 0.382 e. The Morgan fingerprint density at radius 2 is 2.00 bits per heavy atom. The van der Waals surface area contributed by atoms with E-state index >= 15 is 0 Å². The standard InChI is InChI=1S/C25H34N6O3S/c1-5-26-23-7-6-12-27-24(23)31(17(2)3)19-10-13-30(14-11-19)25(32)21-16-28-22-9-8-18(15-20(21)22)29-35(4,33)34/h6-9,12,15-17,19,26,28-29H,5,10-11,13-14H2,1-4H3. The number of anilines is 3. The van der Waals surface area contributed by atoms with Gasteiger partial charge in [-0.05, 0) is 63.9 Å². The van der Waals surface area contributed by atoms with Crippen molar-refractivity contribution in [3.8, 4) is 0 Å². The Hall–Kier alpha value is -3.27. The molecule has 1 saturated heterocycles. The van der Waals surface area contributed by atoms with Crippen molar-refractivity contribution in [3.05, 3.63) is 48.3 Å². The van der Waals surface area contributed by atoms with Crippen molar-refractivity contribution in [1.82, 2.24) is 14.9 Å². The first-order chi connectivity index (χ1) is 16.7. The van der Waals surface area contributed by atoms with Crippen LogP contribution in [0.15, 0.2) is 42.7 Å². The van der Waals surface area contributed by atoms with Gasteiger partial charge in [-0.25, -0.2) is 13.4 Å². The molecular weight excluding hydrogens is 464 g/mol. The highest BCUT2D eigenvalue weighted by atomic mass is 32.2. The number of hydrogen-bond donors (Lipinski definition) is 3. The number of carbonyl (C=O) groups is 1. The van der Waals surface area contributed by atoms with Gasteiger partial charge >= 0.3 is 0 Å². The molecule has 4 rings (SSSR count). The summed E-state index contributed by atoms with van der Waals surface area (Å²) in [5.41, 5.74) is 2.81. The number of carbonyl (C=O) groups excluding carboxylic acids is 1. The number of pyridine rings is 1.